The molecule has 0 aliphatic carbocycles. The van der Waals surface area contributed by atoms with E-state index in [0.717, 1.165) is 6.54 Å². The molecule has 0 aromatic rings. The Kier molecular flexibility index (Phi) is 3.25. The van der Waals surface area contributed by atoms with Gasteiger partial charge < -0.3 is 25.3 Å². The SMILES string of the molecule is CC(C)NCC1O[C@@H](N)[C@@H]2OC(C)(C)O[C@H]12. The summed E-state index contributed by atoms with van der Waals surface area (Å²) in [6.07, 6.45) is -0.611. The van der Waals surface area contributed by atoms with Gasteiger partial charge in [-0.1, -0.05) is 13.8 Å². The summed E-state index contributed by atoms with van der Waals surface area (Å²) in [5.41, 5.74) is 5.88. The minimum absolute atomic E-state index is 0.0239. The third-order valence-electron chi connectivity index (χ3n) is 2.91. The molecule has 0 bridgehead atoms. The van der Waals surface area contributed by atoms with Gasteiger partial charge in [0, 0.05) is 12.6 Å². The molecule has 0 saturated carbocycles. The highest BCUT2D eigenvalue weighted by molar-refractivity contribution is 4.96. The largest absolute Gasteiger partial charge is 0.353 e. The molecule has 2 saturated heterocycles. The van der Waals surface area contributed by atoms with Gasteiger partial charge in [-0.3, -0.25) is 0 Å². The van der Waals surface area contributed by atoms with Crippen molar-refractivity contribution >= 4 is 0 Å². The third kappa shape index (κ3) is 2.38. The first kappa shape index (κ1) is 12.3. The maximum Gasteiger partial charge on any atom is 0.164 e. The highest BCUT2D eigenvalue weighted by atomic mass is 16.8. The maximum atomic E-state index is 5.88. The van der Waals surface area contributed by atoms with Gasteiger partial charge in [0.15, 0.2) is 5.79 Å². The second kappa shape index (κ2) is 4.23. The molecule has 2 aliphatic heterocycles. The molecular weight excluding hydrogens is 208 g/mol. The molecule has 0 aromatic heterocycles. The summed E-state index contributed by atoms with van der Waals surface area (Å²) >= 11 is 0. The number of rotatable bonds is 3. The molecule has 4 atom stereocenters. The molecule has 2 aliphatic rings. The van der Waals surface area contributed by atoms with Crippen LogP contribution in [0.15, 0.2) is 0 Å². The van der Waals surface area contributed by atoms with E-state index >= 15 is 0 Å². The average Bonchev–Trinajstić information content (AvgIpc) is 2.59. The van der Waals surface area contributed by atoms with Gasteiger partial charge in [-0.2, -0.15) is 0 Å². The topological polar surface area (TPSA) is 65.7 Å². The number of fused-ring (bicyclic) bond motifs is 1. The Bertz CT molecular complexity index is 258. The summed E-state index contributed by atoms with van der Waals surface area (Å²) in [5.74, 6) is -0.549. The first-order valence-corrected chi connectivity index (χ1v) is 5.89. The molecule has 2 rings (SSSR count). The third-order valence-corrected chi connectivity index (χ3v) is 2.91. The number of hydrogen-bond acceptors (Lipinski definition) is 5. The Hall–Kier alpha value is -0.200. The second-order valence-electron chi connectivity index (χ2n) is 5.27. The Morgan fingerprint density at radius 3 is 2.50 bits per heavy atom. The van der Waals surface area contributed by atoms with E-state index in [2.05, 4.69) is 19.2 Å². The summed E-state index contributed by atoms with van der Waals surface area (Å²) < 4.78 is 17.2. The molecule has 0 amide bonds. The predicted octanol–water partition coefficient (Wildman–Crippen LogP) is 0.188. The number of nitrogens with two attached hydrogens (primary N) is 1. The Labute approximate surface area is 96.6 Å². The highest BCUT2D eigenvalue weighted by Gasteiger charge is 2.53. The monoisotopic (exact) mass is 230 g/mol. The normalized spacial score (nSPS) is 41.6. The maximum absolute atomic E-state index is 5.88. The summed E-state index contributed by atoms with van der Waals surface area (Å²) in [4.78, 5) is 0. The van der Waals surface area contributed by atoms with Crippen LogP contribution in [0.25, 0.3) is 0 Å². The molecule has 1 unspecified atom stereocenters. The van der Waals surface area contributed by atoms with Crippen LogP contribution in [0, 0.1) is 0 Å². The zero-order chi connectivity index (χ0) is 11.9. The molecule has 0 aromatic carbocycles. The van der Waals surface area contributed by atoms with E-state index in [-0.39, 0.29) is 24.5 Å². The van der Waals surface area contributed by atoms with Crippen molar-refractivity contribution < 1.29 is 14.2 Å². The van der Waals surface area contributed by atoms with Crippen molar-refractivity contribution in [2.75, 3.05) is 6.54 Å². The van der Waals surface area contributed by atoms with Crippen molar-refractivity contribution in [1.29, 1.82) is 0 Å². The lowest BCUT2D eigenvalue weighted by Crippen LogP contribution is -2.39. The van der Waals surface area contributed by atoms with Crippen LogP contribution in [-0.4, -0.2) is 42.9 Å². The summed E-state index contributed by atoms with van der Waals surface area (Å²) in [6, 6.07) is 0.425. The van der Waals surface area contributed by atoms with Crippen molar-refractivity contribution in [3.8, 4) is 0 Å². The number of nitrogens with one attached hydrogen (secondary N) is 1. The molecule has 0 radical (unpaired) electrons. The lowest BCUT2D eigenvalue weighted by Gasteiger charge is -2.23. The Morgan fingerprint density at radius 1 is 1.25 bits per heavy atom. The minimum Gasteiger partial charge on any atom is -0.353 e. The smallest absolute Gasteiger partial charge is 0.164 e. The predicted molar refractivity (Wildman–Crippen MR) is 59.8 cm³/mol. The van der Waals surface area contributed by atoms with Crippen LogP contribution in [0.4, 0.5) is 0 Å². The molecule has 5 heteroatoms. The van der Waals surface area contributed by atoms with Crippen LogP contribution < -0.4 is 11.1 Å². The zero-order valence-corrected chi connectivity index (χ0v) is 10.4. The van der Waals surface area contributed by atoms with E-state index in [0.29, 0.717) is 6.04 Å². The van der Waals surface area contributed by atoms with Crippen LogP contribution >= 0.6 is 0 Å². The van der Waals surface area contributed by atoms with E-state index in [1.165, 1.54) is 0 Å². The first-order valence-electron chi connectivity index (χ1n) is 5.89. The fourth-order valence-corrected chi connectivity index (χ4v) is 2.23. The van der Waals surface area contributed by atoms with Crippen molar-refractivity contribution in [3.63, 3.8) is 0 Å². The van der Waals surface area contributed by atoms with E-state index in [1.807, 2.05) is 13.8 Å². The van der Waals surface area contributed by atoms with Gasteiger partial charge in [0.1, 0.15) is 24.5 Å². The Morgan fingerprint density at radius 2 is 1.88 bits per heavy atom. The molecule has 94 valence electrons. The van der Waals surface area contributed by atoms with Crippen molar-refractivity contribution in [2.45, 2.75) is 64.1 Å². The van der Waals surface area contributed by atoms with Crippen molar-refractivity contribution in [2.24, 2.45) is 5.73 Å². The van der Waals surface area contributed by atoms with Crippen LogP contribution in [0.1, 0.15) is 27.7 Å². The highest BCUT2D eigenvalue weighted by Crippen LogP contribution is 2.36. The van der Waals surface area contributed by atoms with Gasteiger partial charge in [0.2, 0.25) is 0 Å². The van der Waals surface area contributed by atoms with Crippen LogP contribution in [0.5, 0.6) is 0 Å². The van der Waals surface area contributed by atoms with Crippen LogP contribution in [0.3, 0.4) is 0 Å². The van der Waals surface area contributed by atoms with Gasteiger partial charge in [-0.15, -0.1) is 0 Å². The van der Waals surface area contributed by atoms with Gasteiger partial charge in [-0.25, -0.2) is 0 Å². The molecule has 5 nitrogen and oxygen atoms in total. The molecule has 16 heavy (non-hydrogen) atoms. The van der Waals surface area contributed by atoms with E-state index in [9.17, 15) is 0 Å². The van der Waals surface area contributed by atoms with E-state index in [1.54, 1.807) is 0 Å². The van der Waals surface area contributed by atoms with Crippen LogP contribution in [0.2, 0.25) is 0 Å². The lowest BCUT2D eigenvalue weighted by molar-refractivity contribution is -0.185. The second-order valence-corrected chi connectivity index (χ2v) is 5.27. The van der Waals surface area contributed by atoms with E-state index in [4.69, 9.17) is 19.9 Å². The van der Waals surface area contributed by atoms with E-state index < -0.39 is 5.79 Å². The summed E-state index contributed by atoms with van der Waals surface area (Å²) in [5, 5.41) is 3.33. The fourth-order valence-electron chi connectivity index (χ4n) is 2.23. The molecule has 0 spiro atoms. The fraction of sp³-hybridized carbons (Fsp3) is 1.00. The van der Waals surface area contributed by atoms with Crippen LogP contribution in [-0.2, 0) is 14.2 Å². The molecular formula is C11H22N2O3. The quantitative estimate of drug-likeness (QED) is 0.724. The summed E-state index contributed by atoms with van der Waals surface area (Å²) in [6.45, 7) is 8.76. The molecule has 2 heterocycles. The summed E-state index contributed by atoms with van der Waals surface area (Å²) in [7, 11) is 0. The lowest BCUT2D eigenvalue weighted by atomic mass is 10.1. The number of hydrogen-bond donors (Lipinski definition) is 2. The van der Waals surface area contributed by atoms with Gasteiger partial charge in [0.05, 0.1) is 0 Å². The van der Waals surface area contributed by atoms with Crippen molar-refractivity contribution in [1.82, 2.24) is 5.32 Å². The van der Waals surface area contributed by atoms with Gasteiger partial charge in [0.25, 0.3) is 0 Å². The standard InChI is InChI=1S/C11H22N2O3/c1-6(2)13-5-7-8-9(10(12)14-7)16-11(3,4)15-8/h6-10,13H,5,12H2,1-4H3/t7?,8-,9-,10-/m1/s1. The van der Waals surface area contributed by atoms with Gasteiger partial charge in [-0.05, 0) is 13.8 Å². The zero-order valence-electron chi connectivity index (χ0n) is 10.4. The first-order chi connectivity index (χ1) is 7.39. The van der Waals surface area contributed by atoms with Gasteiger partial charge >= 0.3 is 0 Å². The Balaban J connectivity index is 1.96. The minimum atomic E-state index is -0.549. The van der Waals surface area contributed by atoms with Crippen molar-refractivity contribution in [3.05, 3.63) is 0 Å². The molecule has 3 N–H and O–H groups in total. The number of ether oxygens (including phenoxy) is 3. The average molecular weight is 230 g/mol. The molecule has 2 fully saturated rings.